The fourth-order valence-electron chi connectivity index (χ4n) is 1.55. The van der Waals surface area contributed by atoms with Crippen molar-refractivity contribution in [2.45, 2.75) is 33.3 Å². The summed E-state index contributed by atoms with van der Waals surface area (Å²) >= 11 is 0. The van der Waals surface area contributed by atoms with E-state index in [2.05, 4.69) is 18.4 Å². The molecule has 0 aliphatic carbocycles. The molecule has 0 amide bonds. The van der Waals surface area contributed by atoms with Gasteiger partial charge in [-0.25, -0.2) is 9.18 Å². The van der Waals surface area contributed by atoms with Gasteiger partial charge >= 0.3 is 5.97 Å². The Labute approximate surface area is 119 Å². The van der Waals surface area contributed by atoms with Gasteiger partial charge in [0, 0.05) is 0 Å². The predicted molar refractivity (Wildman–Crippen MR) is 77.6 cm³/mol. The first-order valence-corrected chi connectivity index (χ1v) is 6.52. The number of ether oxygens (including phenoxy) is 1. The number of esters is 1. The summed E-state index contributed by atoms with van der Waals surface area (Å²) in [6.07, 6.45) is 0.164. The van der Waals surface area contributed by atoms with Gasteiger partial charge in [-0.3, -0.25) is 0 Å². The van der Waals surface area contributed by atoms with Gasteiger partial charge in [0.15, 0.2) is 6.10 Å². The van der Waals surface area contributed by atoms with Gasteiger partial charge in [-0.15, -0.1) is 0 Å². The van der Waals surface area contributed by atoms with Crippen LogP contribution in [0.25, 0.3) is 0 Å². The standard InChI is InChI=1S/C17H19FO2/c1-12(2)5-10-16(11-13(3)4)20-17(19)14-6-8-15(18)9-7-14/h6-9,13,16H,1,11H2,2-4H3. The van der Waals surface area contributed by atoms with Crippen molar-refractivity contribution in [3.63, 3.8) is 0 Å². The molecule has 1 rings (SSSR count). The largest absolute Gasteiger partial charge is 0.446 e. The van der Waals surface area contributed by atoms with Crippen molar-refractivity contribution in [2.24, 2.45) is 5.92 Å². The molecule has 0 heterocycles. The number of carbonyl (C=O) groups is 1. The normalized spacial score (nSPS) is 11.4. The lowest BCUT2D eigenvalue weighted by atomic mass is 10.1. The number of carbonyl (C=O) groups excluding carboxylic acids is 1. The minimum Gasteiger partial charge on any atom is -0.446 e. The van der Waals surface area contributed by atoms with E-state index >= 15 is 0 Å². The van der Waals surface area contributed by atoms with Crippen molar-refractivity contribution >= 4 is 5.97 Å². The number of benzene rings is 1. The molecule has 3 heteroatoms. The fourth-order valence-corrected chi connectivity index (χ4v) is 1.55. The number of hydrogen-bond donors (Lipinski definition) is 0. The van der Waals surface area contributed by atoms with Crippen molar-refractivity contribution in [2.75, 3.05) is 0 Å². The second kappa shape index (κ2) is 7.49. The van der Waals surface area contributed by atoms with Crippen LogP contribution in [0.5, 0.6) is 0 Å². The summed E-state index contributed by atoms with van der Waals surface area (Å²) in [6, 6.07) is 5.26. The molecular formula is C17H19FO2. The molecule has 0 saturated carbocycles. The van der Waals surface area contributed by atoms with Gasteiger partial charge < -0.3 is 4.74 Å². The van der Waals surface area contributed by atoms with E-state index in [0.717, 1.165) is 5.57 Å². The topological polar surface area (TPSA) is 26.3 Å². The lowest BCUT2D eigenvalue weighted by molar-refractivity contribution is 0.0377. The molecule has 1 atom stereocenters. The predicted octanol–water partition coefficient (Wildman–Crippen LogP) is 3.98. The van der Waals surface area contributed by atoms with Crippen LogP contribution in [0, 0.1) is 23.6 Å². The first-order valence-electron chi connectivity index (χ1n) is 6.52. The first kappa shape index (κ1) is 16.0. The molecule has 20 heavy (non-hydrogen) atoms. The third-order valence-corrected chi connectivity index (χ3v) is 2.46. The van der Waals surface area contributed by atoms with E-state index in [1.165, 1.54) is 24.3 Å². The van der Waals surface area contributed by atoms with Gasteiger partial charge in [0.1, 0.15) is 5.82 Å². The molecule has 1 aromatic rings. The van der Waals surface area contributed by atoms with E-state index in [9.17, 15) is 9.18 Å². The van der Waals surface area contributed by atoms with Crippen molar-refractivity contribution in [3.05, 3.63) is 47.8 Å². The minimum atomic E-state index is -0.494. The molecule has 1 unspecified atom stereocenters. The molecule has 0 bridgehead atoms. The minimum absolute atomic E-state index is 0.317. The average Bonchev–Trinajstić information content (AvgIpc) is 2.36. The summed E-state index contributed by atoms with van der Waals surface area (Å²) < 4.78 is 18.2. The van der Waals surface area contributed by atoms with Crippen LogP contribution in [0.4, 0.5) is 4.39 Å². The van der Waals surface area contributed by atoms with Gasteiger partial charge in [0.05, 0.1) is 5.56 Å². The van der Waals surface area contributed by atoms with E-state index in [0.29, 0.717) is 17.9 Å². The molecule has 0 N–H and O–H groups in total. The van der Waals surface area contributed by atoms with Crippen LogP contribution in [0.3, 0.4) is 0 Å². The molecule has 0 aliphatic rings. The van der Waals surface area contributed by atoms with E-state index in [1.807, 2.05) is 13.8 Å². The van der Waals surface area contributed by atoms with Gasteiger partial charge in [-0.2, -0.15) is 0 Å². The third kappa shape index (κ3) is 5.71. The van der Waals surface area contributed by atoms with Crippen LogP contribution in [-0.2, 0) is 4.74 Å². The highest BCUT2D eigenvalue weighted by atomic mass is 19.1. The van der Waals surface area contributed by atoms with E-state index < -0.39 is 12.1 Å². The summed E-state index contributed by atoms with van der Waals surface area (Å²) in [5.74, 6) is 5.20. The quantitative estimate of drug-likeness (QED) is 0.613. The molecule has 0 aliphatic heterocycles. The Balaban J connectivity index is 2.79. The molecule has 106 valence electrons. The monoisotopic (exact) mass is 274 g/mol. The summed E-state index contributed by atoms with van der Waals surface area (Å²) in [4.78, 5) is 12.0. The zero-order valence-corrected chi connectivity index (χ0v) is 12.1. The van der Waals surface area contributed by atoms with E-state index in [4.69, 9.17) is 4.74 Å². The second-order valence-corrected chi connectivity index (χ2v) is 5.08. The Kier molecular flexibility index (Phi) is 5.99. The van der Waals surface area contributed by atoms with Gasteiger partial charge in [-0.05, 0) is 49.1 Å². The van der Waals surface area contributed by atoms with Crippen molar-refractivity contribution in [1.82, 2.24) is 0 Å². The maximum absolute atomic E-state index is 12.8. The van der Waals surface area contributed by atoms with Crippen LogP contribution in [-0.4, -0.2) is 12.1 Å². The third-order valence-electron chi connectivity index (χ3n) is 2.46. The zero-order chi connectivity index (χ0) is 15.1. The molecule has 2 nitrogen and oxygen atoms in total. The molecular weight excluding hydrogens is 255 g/mol. The Morgan fingerprint density at radius 1 is 1.35 bits per heavy atom. The smallest absolute Gasteiger partial charge is 0.339 e. The van der Waals surface area contributed by atoms with E-state index in [1.54, 1.807) is 6.92 Å². The maximum atomic E-state index is 12.8. The summed E-state index contributed by atoms with van der Waals surface area (Å²) in [5, 5.41) is 0. The molecule has 0 radical (unpaired) electrons. The SMILES string of the molecule is C=C(C)C#CC(CC(C)C)OC(=O)c1ccc(F)cc1. The van der Waals surface area contributed by atoms with Gasteiger partial charge in [-0.1, -0.05) is 32.3 Å². The lowest BCUT2D eigenvalue weighted by Gasteiger charge is -2.14. The maximum Gasteiger partial charge on any atom is 0.339 e. The molecule has 0 aromatic heterocycles. The van der Waals surface area contributed by atoms with Crippen molar-refractivity contribution < 1.29 is 13.9 Å². The molecule has 0 fully saturated rings. The van der Waals surface area contributed by atoms with Crippen LogP contribution < -0.4 is 0 Å². The van der Waals surface area contributed by atoms with Gasteiger partial charge in [0.25, 0.3) is 0 Å². The highest BCUT2D eigenvalue weighted by molar-refractivity contribution is 5.89. The van der Waals surface area contributed by atoms with Crippen LogP contribution in [0.2, 0.25) is 0 Å². The number of halogens is 1. The molecule has 1 aromatic carbocycles. The fraction of sp³-hybridized carbons (Fsp3) is 0.353. The Bertz CT molecular complexity index is 532. The lowest BCUT2D eigenvalue weighted by Crippen LogP contribution is -2.18. The average molecular weight is 274 g/mol. The van der Waals surface area contributed by atoms with Gasteiger partial charge in [0.2, 0.25) is 0 Å². The first-order chi connectivity index (χ1) is 9.38. The second-order valence-electron chi connectivity index (χ2n) is 5.08. The molecule has 0 saturated heterocycles. The highest BCUT2D eigenvalue weighted by Crippen LogP contribution is 2.12. The van der Waals surface area contributed by atoms with Crippen molar-refractivity contribution in [3.8, 4) is 11.8 Å². The number of hydrogen-bond acceptors (Lipinski definition) is 2. The summed E-state index contributed by atoms with van der Waals surface area (Å²) in [6.45, 7) is 9.55. The van der Waals surface area contributed by atoms with Crippen LogP contribution in [0.15, 0.2) is 36.4 Å². The zero-order valence-electron chi connectivity index (χ0n) is 12.1. The van der Waals surface area contributed by atoms with Crippen molar-refractivity contribution in [1.29, 1.82) is 0 Å². The Hall–Kier alpha value is -2.08. The van der Waals surface area contributed by atoms with Crippen LogP contribution in [0.1, 0.15) is 37.6 Å². The molecule has 0 spiro atoms. The number of rotatable bonds is 4. The van der Waals surface area contributed by atoms with Crippen LogP contribution >= 0.6 is 0 Å². The Morgan fingerprint density at radius 2 is 1.95 bits per heavy atom. The Morgan fingerprint density at radius 3 is 2.45 bits per heavy atom. The highest BCUT2D eigenvalue weighted by Gasteiger charge is 2.15. The summed E-state index contributed by atoms with van der Waals surface area (Å²) in [7, 11) is 0. The van der Waals surface area contributed by atoms with E-state index in [-0.39, 0.29) is 5.82 Å². The number of allylic oxidation sites excluding steroid dienone is 1. The summed E-state index contributed by atoms with van der Waals surface area (Å²) in [5.41, 5.74) is 1.04.